The highest BCUT2D eigenvalue weighted by atomic mass is 14.9. The summed E-state index contributed by atoms with van der Waals surface area (Å²) in [5.74, 6) is 0. The van der Waals surface area contributed by atoms with Gasteiger partial charge >= 0.3 is 0 Å². The van der Waals surface area contributed by atoms with Gasteiger partial charge < -0.3 is 0 Å². The van der Waals surface area contributed by atoms with Gasteiger partial charge in [0.05, 0.1) is 11.1 Å². The predicted molar refractivity (Wildman–Crippen MR) is 198 cm³/mol. The first kappa shape index (κ1) is 38.3. The van der Waals surface area contributed by atoms with Crippen LogP contribution in [0.15, 0.2) is 147 Å². The lowest BCUT2D eigenvalue weighted by molar-refractivity contribution is -0.694. The second kappa shape index (κ2) is 20.3. The summed E-state index contributed by atoms with van der Waals surface area (Å²) in [6.07, 6.45) is 25.6. The molecule has 0 bridgehead atoms. The molecule has 0 radical (unpaired) electrons. The highest BCUT2D eigenvalue weighted by molar-refractivity contribution is 5.61. The van der Waals surface area contributed by atoms with Crippen molar-refractivity contribution in [3.63, 3.8) is 0 Å². The van der Waals surface area contributed by atoms with E-state index in [1.807, 2.05) is 0 Å². The molecule has 0 saturated heterocycles. The summed E-state index contributed by atoms with van der Waals surface area (Å²) >= 11 is 0. The number of rotatable bonds is 9. The summed E-state index contributed by atoms with van der Waals surface area (Å²) in [6.45, 7) is 19.0. The highest BCUT2D eigenvalue weighted by Gasteiger charge is 2.08. The second-order valence-corrected chi connectivity index (χ2v) is 11.5. The molecule has 254 valence electrons. The van der Waals surface area contributed by atoms with Crippen LogP contribution in [0.25, 0.3) is 33.4 Å². The van der Waals surface area contributed by atoms with E-state index < -0.39 is 0 Å². The molecular weight excluding hydrogens is 601 g/mol. The minimum atomic E-state index is 0. The zero-order valence-electron chi connectivity index (χ0n) is 29.8. The van der Waals surface area contributed by atoms with Crippen LogP contribution in [0.1, 0.15) is 49.0 Å². The first-order valence-electron chi connectivity index (χ1n) is 17.5. The lowest BCUT2D eigenvalue weighted by atomic mass is 10.1. The summed E-state index contributed by atoms with van der Waals surface area (Å²) in [7, 11) is 0. The van der Waals surface area contributed by atoms with E-state index in [2.05, 4.69) is 216 Å². The minimum absolute atomic E-state index is 0. The molecule has 6 aromatic heterocycles. The number of pyridine rings is 6. The van der Waals surface area contributed by atoms with E-state index in [-0.39, 0.29) is 7.43 Å². The lowest BCUT2D eigenvalue weighted by Gasteiger charge is -1.99. The van der Waals surface area contributed by atoms with Crippen LogP contribution in [0.5, 0.6) is 0 Å². The first-order valence-corrected chi connectivity index (χ1v) is 17.5. The topological polar surface area (TPSA) is 23.3 Å². The third-order valence-electron chi connectivity index (χ3n) is 8.44. The quantitative estimate of drug-likeness (QED) is 0.158. The van der Waals surface area contributed by atoms with Crippen LogP contribution in [-0.4, -0.2) is 0 Å². The van der Waals surface area contributed by atoms with Gasteiger partial charge in [0, 0.05) is 60.2 Å². The van der Waals surface area contributed by atoms with E-state index in [1.165, 1.54) is 33.4 Å². The Hall–Kier alpha value is -5.10. The average Bonchev–Trinajstić information content (AvgIpc) is 3.18. The largest absolute Gasteiger partial charge is 0.205 e. The molecule has 0 spiro atoms. The average molecular weight is 659 g/mol. The number of hydrogen-bond acceptors (Lipinski definition) is 0. The van der Waals surface area contributed by atoms with Gasteiger partial charge in [0.15, 0.2) is 74.4 Å². The molecule has 6 rings (SSSR count). The maximum atomic E-state index is 2.19. The fourth-order valence-corrected chi connectivity index (χ4v) is 5.25. The number of nitrogens with zero attached hydrogens (tertiary/aromatic N) is 6. The van der Waals surface area contributed by atoms with Crippen molar-refractivity contribution < 1.29 is 27.4 Å². The van der Waals surface area contributed by atoms with E-state index in [0.717, 1.165) is 39.3 Å². The molecular formula is C43H58N6+6. The van der Waals surface area contributed by atoms with Crippen molar-refractivity contribution in [1.82, 2.24) is 0 Å². The molecule has 0 amide bonds. The Morgan fingerprint density at radius 2 is 0.510 bits per heavy atom. The van der Waals surface area contributed by atoms with Crippen LogP contribution in [0.3, 0.4) is 0 Å². The van der Waals surface area contributed by atoms with Gasteiger partial charge in [-0.2, -0.15) is 0 Å². The van der Waals surface area contributed by atoms with Crippen LogP contribution in [-0.2, 0) is 39.3 Å². The van der Waals surface area contributed by atoms with Crippen molar-refractivity contribution in [3.8, 4) is 33.4 Å². The molecule has 0 fully saturated rings. The first-order chi connectivity index (χ1) is 23.5. The van der Waals surface area contributed by atoms with Crippen LogP contribution < -0.4 is 27.4 Å². The Kier molecular flexibility index (Phi) is 15.9. The van der Waals surface area contributed by atoms with Gasteiger partial charge in [-0.15, -0.1) is 0 Å². The SMILES string of the molecule is C.CC[n+]1ccc(-c2cc[n+](CC)cc2)cc1.CC[n+]1ccc(-c2ccc[n+](CC)c2)cc1.CC[n+]1cccc(-c2ccc[n+](CC)c2)c1. The van der Waals surface area contributed by atoms with Gasteiger partial charge in [0.25, 0.3) is 0 Å². The Morgan fingerprint density at radius 1 is 0.286 bits per heavy atom. The minimum Gasteiger partial charge on any atom is -0.205 e. The van der Waals surface area contributed by atoms with Crippen LogP contribution in [0.4, 0.5) is 0 Å². The molecule has 0 N–H and O–H groups in total. The fourth-order valence-electron chi connectivity index (χ4n) is 5.25. The number of aryl methyl sites for hydroxylation is 6. The molecule has 0 atom stereocenters. The van der Waals surface area contributed by atoms with E-state index in [4.69, 9.17) is 0 Å². The van der Waals surface area contributed by atoms with Gasteiger partial charge in [0.1, 0.15) is 39.3 Å². The molecule has 6 aromatic rings. The number of aromatic nitrogens is 6. The summed E-state index contributed by atoms with van der Waals surface area (Å²) in [5.41, 5.74) is 7.63. The van der Waals surface area contributed by atoms with E-state index >= 15 is 0 Å². The fraction of sp³-hybridized carbons (Fsp3) is 0.302. The van der Waals surface area contributed by atoms with E-state index in [0.29, 0.717) is 0 Å². The smallest absolute Gasteiger partial charge is 0.176 e. The normalized spacial score (nSPS) is 10.2. The second-order valence-electron chi connectivity index (χ2n) is 11.5. The van der Waals surface area contributed by atoms with Gasteiger partial charge in [-0.3, -0.25) is 0 Å². The van der Waals surface area contributed by atoms with Crippen molar-refractivity contribution in [3.05, 3.63) is 147 Å². The predicted octanol–water partition coefficient (Wildman–Crippen LogP) is 6.54. The summed E-state index contributed by atoms with van der Waals surface area (Å²) in [6, 6.07) is 25.7. The summed E-state index contributed by atoms with van der Waals surface area (Å²) in [5, 5.41) is 0. The molecule has 0 saturated carbocycles. The van der Waals surface area contributed by atoms with Crippen LogP contribution in [0, 0.1) is 0 Å². The third kappa shape index (κ3) is 11.5. The van der Waals surface area contributed by atoms with Gasteiger partial charge in [0.2, 0.25) is 0 Å². The van der Waals surface area contributed by atoms with Crippen molar-refractivity contribution in [2.24, 2.45) is 0 Å². The van der Waals surface area contributed by atoms with Gasteiger partial charge in [-0.1, -0.05) is 7.43 Å². The lowest BCUT2D eigenvalue weighted by Crippen LogP contribution is -2.32. The maximum Gasteiger partial charge on any atom is 0.176 e. The standard InChI is InChI=1S/3C14H18N2.CH4/c1-3-15-9-5-13(6-10-15)14-7-11-16(4-2)12-8-14;1-3-15-9-5-7-13(11-15)14-8-6-10-16(4-2)12-14;1-3-15-10-7-13(8-11-15)14-6-5-9-16(4-2)12-14;/h3*5-12H,3-4H2,1-2H3;1H4/q3*+2;. The molecule has 6 heterocycles. The molecule has 0 aliphatic rings. The zero-order valence-corrected chi connectivity index (χ0v) is 29.8. The Morgan fingerprint density at radius 3 is 0.755 bits per heavy atom. The van der Waals surface area contributed by atoms with Gasteiger partial charge in [-0.25, -0.2) is 27.4 Å². The molecule has 0 aromatic carbocycles. The summed E-state index contributed by atoms with van der Waals surface area (Å²) < 4.78 is 13.1. The van der Waals surface area contributed by atoms with Crippen LogP contribution >= 0.6 is 0 Å². The number of hydrogen-bond donors (Lipinski definition) is 0. The highest BCUT2D eigenvalue weighted by Crippen LogP contribution is 2.16. The maximum absolute atomic E-state index is 2.19. The van der Waals surface area contributed by atoms with Crippen molar-refractivity contribution >= 4 is 0 Å². The molecule has 0 unspecified atom stereocenters. The Labute approximate surface area is 295 Å². The molecule has 49 heavy (non-hydrogen) atoms. The van der Waals surface area contributed by atoms with Crippen LogP contribution in [0.2, 0.25) is 0 Å². The van der Waals surface area contributed by atoms with E-state index in [1.54, 1.807) is 0 Å². The monoisotopic (exact) mass is 658 g/mol. The van der Waals surface area contributed by atoms with Crippen molar-refractivity contribution in [1.29, 1.82) is 0 Å². The Balaban J connectivity index is 0.000000197. The van der Waals surface area contributed by atoms with Crippen molar-refractivity contribution in [2.45, 2.75) is 88.2 Å². The molecule has 6 heteroatoms. The Bertz CT molecular complexity index is 1720. The van der Waals surface area contributed by atoms with E-state index in [9.17, 15) is 0 Å². The molecule has 0 aliphatic carbocycles. The van der Waals surface area contributed by atoms with Gasteiger partial charge in [-0.05, 0) is 76.4 Å². The van der Waals surface area contributed by atoms with Crippen molar-refractivity contribution in [2.75, 3.05) is 0 Å². The zero-order chi connectivity index (χ0) is 34.1. The summed E-state index contributed by atoms with van der Waals surface area (Å²) in [4.78, 5) is 0. The third-order valence-corrected chi connectivity index (χ3v) is 8.44. The molecule has 0 aliphatic heterocycles. The molecule has 6 nitrogen and oxygen atoms in total.